The van der Waals surface area contributed by atoms with Crippen molar-refractivity contribution in [2.45, 2.75) is 46.1 Å². The molecule has 3 N–H and O–H groups in total. The van der Waals surface area contributed by atoms with Crippen molar-refractivity contribution in [1.82, 2.24) is 4.90 Å². The largest absolute Gasteiger partial charge is 0.409 e. The second-order valence-electron chi connectivity index (χ2n) is 5.26. The lowest BCUT2D eigenvalue weighted by molar-refractivity contribution is 0.0954. The SMILES string of the molecule is CCC(C/C(N)=N/O)N1CC(C)CC(C)C1. The number of rotatable bonds is 4. The van der Waals surface area contributed by atoms with Crippen LogP contribution in [0.4, 0.5) is 0 Å². The lowest BCUT2D eigenvalue weighted by Crippen LogP contribution is -2.46. The van der Waals surface area contributed by atoms with E-state index >= 15 is 0 Å². The molecule has 0 aliphatic carbocycles. The Morgan fingerprint density at radius 3 is 2.44 bits per heavy atom. The van der Waals surface area contributed by atoms with Crippen molar-refractivity contribution >= 4 is 5.84 Å². The number of nitrogens with two attached hydrogens (primary N) is 1. The highest BCUT2D eigenvalue weighted by atomic mass is 16.4. The normalized spacial score (nSPS) is 30.3. The summed E-state index contributed by atoms with van der Waals surface area (Å²) in [6.07, 6.45) is 3.04. The van der Waals surface area contributed by atoms with Crippen LogP contribution in [0.1, 0.15) is 40.0 Å². The van der Waals surface area contributed by atoms with Crippen molar-refractivity contribution in [1.29, 1.82) is 0 Å². The van der Waals surface area contributed by atoms with Crippen molar-refractivity contribution in [2.24, 2.45) is 22.7 Å². The van der Waals surface area contributed by atoms with Gasteiger partial charge in [0.05, 0.1) is 0 Å². The smallest absolute Gasteiger partial charge is 0.140 e. The fourth-order valence-electron chi connectivity index (χ4n) is 2.82. The number of nitrogens with zero attached hydrogens (tertiary/aromatic N) is 2. The van der Waals surface area contributed by atoms with Crippen LogP contribution >= 0.6 is 0 Å². The molecular formula is C12H25N3O. The first kappa shape index (κ1) is 13.3. The Kier molecular flexibility index (Phi) is 5.06. The molecule has 1 aliphatic rings. The third-order valence-corrected chi connectivity index (χ3v) is 3.46. The van der Waals surface area contributed by atoms with Gasteiger partial charge >= 0.3 is 0 Å². The van der Waals surface area contributed by atoms with Gasteiger partial charge in [0.1, 0.15) is 5.84 Å². The molecule has 1 fully saturated rings. The molecule has 1 aliphatic heterocycles. The number of oxime groups is 1. The number of amidine groups is 1. The van der Waals surface area contributed by atoms with Gasteiger partial charge in [-0.05, 0) is 24.7 Å². The third kappa shape index (κ3) is 3.67. The van der Waals surface area contributed by atoms with Crippen LogP contribution in [0.3, 0.4) is 0 Å². The number of hydrogen-bond donors (Lipinski definition) is 2. The summed E-state index contributed by atoms with van der Waals surface area (Å²) in [5.41, 5.74) is 5.60. The maximum Gasteiger partial charge on any atom is 0.140 e. The highest BCUT2D eigenvalue weighted by Gasteiger charge is 2.26. The molecule has 0 aromatic carbocycles. The Morgan fingerprint density at radius 2 is 2.00 bits per heavy atom. The predicted octanol–water partition coefficient (Wildman–Crippen LogP) is 1.88. The first-order valence-electron chi connectivity index (χ1n) is 6.27. The van der Waals surface area contributed by atoms with E-state index in [1.807, 2.05) is 0 Å². The zero-order chi connectivity index (χ0) is 12.1. The molecule has 0 aromatic heterocycles. The van der Waals surface area contributed by atoms with Crippen molar-refractivity contribution in [3.63, 3.8) is 0 Å². The minimum Gasteiger partial charge on any atom is -0.409 e. The molecular weight excluding hydrogens is 202 g/mol. The van der Waals surface area contributed by atoms with Gasteiger partial charge in [0.15, 0.2) is 0 Å². The fraction of sp³-hybridized carbons (Fsp3) is 0.917. The summed E-state index contributed by atoms with van der Waals surface area (Å²) < 4.78 is 0. The Hall–Kier alpha value is -0.770. The molecule has 4 nitrogen and oxygen atoms in total. The van der Waals surface area contributed by atoms with Crippen molar-refractivity contribution < 1.29 is 5.21 Å². The molecule has 1 rings (SSSR count). The Morgan fingerprint density at radius 1 is 1.44 bits per heavy atom. The summed E-state index contributed by atoms with van der Waals surface area (Å²) >= 11 is 0. The standard InChI is InChI=1S/C12H25N3O/c1-4-11(6-12(13)14-16)15-7-9(2)5-10(3)8-15/h9-11,16H,4-8H2,1-3H3,(H2,13,14). The topological polar surface area (TPSA) is 61.9 Å². The zero-order valence-electron chi connectivity index (χ0n) is 10.7. The van der Waals surface area contributed by atoms with Crippen LogP contribution in [-0.2, 0) is 0 Å². The Balaban J connectivity index is 2.57. The van der Waals surface area contributed by atoms with Crippen LogP contribution < -0.4 is 5.73 Å². The second-order valence-corrected chi connectivity index (χ2v) is 5.26. The van der Waals surface area contributed by atoms with E-state index in [0.717, 1.165) is 31.3 Å². The molecule has 1 saturated heterocycles. The van der Waals surface area contributed by atoms with Crippen molar-refractivity contribution in [3.05, 3.63) is 0 Å². The molecule has 3 unspecified atom stereocenters. The van der Waals surface area contributed by atoms with Gasteiger partial charge in [-0.25, -0.2) is 0 Å². The zero-order valence-corrected chi connectivity index (χ0v) is 10.7. The number of hydrogen-bond acceptors (Lipinski definition) is 3. The minimum atomic E-state index is 0.345. The molecule has 0 radical (unpaired) electrons. The molecule has 0 spiro atoms. The quantitative estimate of drug-likeness (QED) is 0.333. The molecule has 1 heterocycles. The molecule has 0 saturated carbocycles. The molecule has 0 aromatic rings. The summed E-state index contributed by atoms with van der Waals surface area (Å²) in [5, 5.41) is 11.7. The van der Waals surface area contributed by atoms with Gasteiger partial charge in [-0.3, -0.25) is 4.90 Å². The van der Waals surface area contributed by atoms with Crippen LogP contribution in [0, 0.1) is 11.8 Å². The summed E-state index contributed by atoms with van der Waals surface area (Å²) in [4.78, 5) is 2.50. The van der Waals surface area contributed by atoms with Crippen molar-refractivity contribution in [2.75, 3.05) is 13.1 Å². The maximum absolute atomic E-state index is 8.63. The van der Waals surface area contributed by atoms with E-state index in [0.29, 0.717) is 18.3 Å². The summed E-state index contributed by atoms with van der Waals surface area (Å²) in [6.45, 7) is 9.06. The Bertz CT molecular complexity index is 232. The molecule has 16 heavy (non-hydrogen) atoms. The van der Waals surface area contributed by atoms with E-state index in [2.05, 4.69) is 30.8 Å². The van der Waals surface area contributed by atoms with E-state index in [1.165, 1.54) is 6.42 Å². The summed E-state index contributed by atoms with van der Waals surface area (Å²) in [6, 6.07) is 0.418. The minimum absolute atomic E-state index is 0.345. The fourth-order valence-corrected chi connectivity index (χ4v) is 2.82. The van der Waals surface area contributed by atoms with Gasteiger partial charge in [0.2, 0.25) is 0 Å². The van der Waals surface area contributed by atoms with E-state index in [1.54, 1.807) is 0 Å². The second kappa shape index (κ2) is 6.09. The molecule has 4 heteroatoms. The molecule has 94 valence electrons. The monoisotopic (exact) mass is 227 g/mol. The first-order chi connectivity index (χ1) is 7.56. The van der Waals surface area contributed by atoms with Gasteiger partial charge < -0.3 is 10.9 Å². The van der Waals surface area contributed by atoms with Gasteiger partial charge in [-0.1, -0.05) is 25.9 Å². The van der Waals surface area contributed by atoms with E-state index in [-0.39, 0.29) is 0 Å². The van der Waals surface area contributed by atoms with Gasteiger partial charge in [-0.15, -0.1) is 0 Å². The average molecular weight is 227 g/mol. The van der Waals surface area contributed by atoms with Crippen LogP contribution in [0.5, 0.6) is 0 Å². The van der Waals surface area contributed by atoms with Crippen LogP contribution in [0.2, 0.25) is 0 Å². The molecule has 3 atom stereocenters. The van der Waals surface area contributed by atoms with Gasteiger partial charge in [-0.2, -0.15) is 0 Å². The van der Waals surface area contributed by atoms with Crippen LogP contribution in [0.25, 0.3) is 0 Å². The van der Waals surface area contributed by atoms with Crippen molar-refractivity contribution in [3.8, 4) is 0 Å². The predicted molar refractivity (Wildman–Crippen MR) is 66.6 cm³/mol. The van der Waals surface area contributed by atoms with Gasteiger partial charge in [0.25, 0.3) is 0 Å². The number of likely N-dealkylation sites (tertiary alicyclic amines) is 1. The lowest BCUT2D eigenvalue weighted by atomic mass is 9.90. The number of piperidine rings is 1. The highest BCUT2D eigenvalue weighted by molar-refractivity contribution is 5.80. The van der Waals surface area contributed by atoms with E-state index in [9.17, 15) is 0 Å². The lowest BCUT2D eigenvalue weighted by Gasteiger charge is -2.39. The van der Waals surface area contributed by atoms with E-state index in [4.69, 9.17) is 10.9 Å². The van der Waals surface area contributed by atoms with Gasteiger partial charge in [0, 0.05) is 25.6 Å². The van der Waals surface area contributed by atoms with Crippen LogP contribution in [0.15, 0.2) is 5.16 Å². The summed E-state index contributed by atoms with van der Waals surface area (Å²) in [5.74, 6) is 1.85. The molecule has 0 bridgehead atoms. The maximum atomic E-state index is 8.63. The Labute approximate surface area is 98.5 Å². The summed E-state index contributed by atoms with van der Waals surface area (Å²) in [7, 11) is 0. The molecule has 0 amide bonds. The third-order valence-electron chi connectivity index (χ3n) is 3.46. The first-order valence-corrected chi connectivity index (χ1v) is 6.27. The van der Waals surface area contributed by atoms with Crippen LogP contribution in [-0.4, -0.2) is 35.1 Å². The average Bonchev–Trinajstić information content (AvgIpc) is 2.24. The highest BCUT2D eigenvalue weighted by Crippen LogP contribution is 2.24. The van der Waals surface area contributed by atoms with E-state index < -0.39 is 0 Å².